The molecular weight excluding hydrogens is 455 g/mol. The third kappa shape index (κ3) is 10.5. The number of hydrogen-bond donors (Lipinski definition) is 3. The molecule has 0 radical (unpaired) electrons. The number of rotatable bonds is 8. The van der Waals surface area contributed by atoms with Gasteiger partial charge in [0.25, 0.3) is 0 Å². The minimum atomic E-state index is -3.17. The summed E-state index contributed by atoms with van der Waals surface area (Å²) in [5.74, 6) is 1.45. The first-order valence-electron chi connectivity index (χ1n) is 7.86. The first kappa shape index (κ1) is 23.9. The molecule has 0 heterocycles. The average Bonchev–Trinajstić information content (AvgIpc) is 2.46. The van der Waals surface area contributed by atoms with E-state index in [2.05, 4.69) is 20.3 Å². The van der Waals surface area contributed by atoms with E-state index in [1.165, 1.54) is 0 Å². The summed E-state index contributed by atoms with van der Waals surface area (Å²) in [6, 6.07) is 6.08. The second-order valence-corrected chi connectivity index (χ2v) is 7.63. The van der Waals surface area contributed by atoms with Gasteiger partial charge >= 0.3 is 0 Å². The normalized spacial score (nSPS) is 11.8. The molecule has 9 heteroatoms. The highest BCUT2D eigenvalue weighted by molar-refractivity contribution is 14.0. The number of nitrogens with zero attached hydrogens (tertiary/aromatic N) is 1. The van der Waals surface area contributed by atoms with Crippen molar-refractivity contribution in [3.63, 3.8) is 0 Å². The van der Waals surface area contributed by atoms with E-state index in [1.54, 1.807) is 7.05 Å². The van der Waals surface area contributed by atoms with Crippen LogP contribution >= 0.6 is 24.0 Å². The highest BCUT2D eigenvalue weighted by Gasteiger charge is 2.07. The second-order valence-electron chi connectivity index (χ2n) is 5.80. The Balaban J connectivity index is 0.00000576. The number of guanidine groups is 1. The SMILES string of the molecule is CN=C(NCCNS(C)(=O)=O)NCc1ccc(C)cc1OC(C)C.I. The van der Waals surface area contributed by atoms with Crippen LogP contribution in [0.4, 0.5) is 0 Å². The van der Waals surface area contributed by atoms with E-state index in [1.807, 2.05) is 39.0 Å². The van der Waals surface area contributed by atoms with Crippen molar-refractivity contribution < 1.29 is 13.2 Å². The van der Waals surface area contributed by atoms with Crippen LogP contribution in [0.2, 0.25) is 0 Å². The molecule has 0 saturated heterocycles. The first-order chi connectivity index (χ1) is 11.2. The molecule has 3 N–H and O–H groups in total. The quantitative estimate of drug-likeness (QED) is 0.226. The molecule has 1 aromatic carbocycles. The van der Waals surface area contributed by atoms with Crippen LogP contribution in [0.5, 0.6) is 5.75 Å². The number of halogens is 1. The minimum absolute atomic E-state index is 0. The van der Waals surface area contributed by atoms with E-state index in [0.29, 0.717) is 25.6 Å². The molecule has 0 aliphatic rings. The number of ether oxygens (including phenoxy) is 1. The first-order valence-corrected chi connectivity index (χ1v) is 9.75. The van der Waals surface area contributed by atoms with E-state index in [9.17, 15) is 8.42 Å². The van der Waals surface area contributed by atoms with Crippen LogP contribution in [0.15, 0.2) is 23.2 Å². The van der Waals surface area contributed by atoms with Gasteiger partial charge < -0.3 is 15.4 Å². The standard InChI is InChI=1S/C16H28N4O3S.HI/c1-12(2)23-15-10-13(3)6-7-14(15)11-19-16(17-4)18-8-9-20-24(5,21)22;/h6-7,10,12,20H,8-9,11H2,1-5H3,(H2,17,18,19);1H. The molecule has 0 spiro atoms. The summed E-state index contributed by atoms with van der Waals surface area (Å²) >= 11 is 0. The van der Waals surface area contributed by atoms with Gasteiger partial charge in [0.1, 0.15) is 5.75 Å². The Morgan fingerprint density at radius 1 is 1.24 bits per heavy atom. The van der Waals surface area contributed by atoms with Crippen molar-refractivity contribution in [1.29, 1.82) is 0 Å². The van der Waals surface area contributed by atoms with Gasteiger partial charge in [-0.1, -0.05) is 12.1 Å². The number of hydrogen-bond acceptors (Lipinski definition) is 4. The van der Waals surface area contributed by atoms with Gasteiger partial charge in [-0.05, 0) is 32.4 Å². The minimum Gasteiger partial charge on any atom is -0.491 e. The Labute approximate surface area is 168 Å². The lowest BCUT2D eigenvalue weighted by atomic mass is 10.1. The zero-order valence-electron chi connectivity index (χ0n) is 15.4. The van der Waals surface area contributed by atoms with E-state index in [-0.39, 0.29) is 30.1 Å². The van der Waals surface area contributed by atoms with Gasteiger partial charge in [0, 0.05) is 32.2 Å². The molecule has 0 fully saturated rings. The summed E-state index contributed by atoms with van der Waals surface area (Å²) < 4.78 is 30.3. The number of benzene rings is 1. The van der Waals surface area contributed by atoms with Crippen LogP contribution in [0, 0.1) is 6.92 Å². The summed E-state index contributed by atoms with van der Waals surface area (Å²) in [5, 5.41) is 6.25. The topological polar surface area (TPSA) is 91.8 Å². The van der Waals surface area contributed by atoms with Gasteiger partial charge in [-0.2, -0.15) is 0 Å². The van der Waals surface area contributed by atoms with Gasteiger partial charge in [0.15, 0.2) is 5.96 Å². The lowest BCUT2D eigenvalue weighted by Gasteiger charge is -2.17. The predicted molar refractivity (Wildman–Crippen MR) is 113 cm³/mol. The van der Waals surface area contributed by atoms with Gasteiger partial charge in [-0.25, -0.2) is 13.1 Å². The van der Waals surface area contributed by atoms with Gasteiger partial charge in [-0.3, -0.25) is 4.99 Å². The van der Waals surface area contributed by atoms with Crippen LogP contribution in [0.3, 0.4) is 0 Å². The number of aliphatic imine (C=N–C) groups is 1. The Hall–Kier alpha value is -1.07. The van der Waals surface area contributed by atoms with E-state index in [0.717, 1.165) is 23.1 Å². The van der Waals surface area contributed by atoms with Crippen LogP contribution in [0.1, 0.15) is 25.0 Å². The van der Waals surface area contributed by atoms with Gasteiger partial charge in [0.05, 0.1) is 12.4 Å². The zero-order chi connectivity index (χ0) is 18.2. The van der Waals surface area contributed by atoms with E-state index in [4.69, 9.17) is 4.74 Å². The highest BCUT2D eigenvalue weighted by Crippen LogP contribution is 2.21. The maximum absolute atomic E-state index is 11.0. The smallest absolute Gasteiger partial charge is 0.208 e. The Bertz CT molecular complexity index is 663. The molecule has 0 unspecified atom stereocenters. The van der Waals surface area contributed by atoms with Crippen molar-refractivity contribution in [2.24, 2.45) is 4.99 Å². The van der Waals surface area contributed by atoms with Crippen LogP contribution in [-0.2, 0) is 16.6 Å². The monoisotopic (exact) mass is 484 g/mol. The van der Waals surface area contributed by atoms with Gasteiger partial charge in [-0.15, -0.1) is 24.0 Å². The lowest BCUT2D eigenvalue weighted by molar-refractivity contribution is 0.239. The molecule has 0 aromatic heterocycles. The molecule has 1 aromatic rings. The van der Waals surface area contributed by atoms with Gasteiger partial charge in [0.2, 0.25) is 10.0 Å². The molecule has 25 heavy (non-hydrogen) atoms. The summed E-state index contributed by atoms with van der Waals surface area (Å²) in [6.45, 7) is 7.31. The van der Waals surface area contributed by atoms with Crippen LogP contribution < -0.4 is 20.1 Å². The Kier molecular flexibility index (Phi) is 11.0. The molecule has 0 atom stereocenters. The fourth-order valence-corrected chi connectivity index (χ4v) is 2.46. The average molecular weight is 484 g/mol. The number of nitrogens with one attached hydrogen (secondary N) is 3. The molecule has 0 saturated carbocycles. The summed E-state index contributed by atoms with van der Waals surface area (Å²) in [7, 11) is -1.51. The Morgan fingerprint density at radius 3 is 2.48 bits per heavy atom. The zero-order valence-corrected chi connectivity index (χ0v) is 18.6. The van der Waals surface area contributed by atoms with E-state index >= 15 is 0 Å². The largest absolute Gasteiger partial charge is 0.491 e. The second kappa shape index (κ2) is 11.5. The summed E-state index contributed by atoms with van der Waals surface area (Å²) in [6.07, 6.45) is 1.23. The number of aryl methyl sites for hydroxylation is 1. The van der Waals surface area contributed by atoms with Crippen molar-refractivity contribution >= 4 is 40.0 Å². The van der Waals surface area contributed by atoms with E-state index < -0.39 is 10.0 Å². The molecule has 7 nitrogen and oxygen atoms in total. The highest BCUT2D eigenvalue weighted by atomic mass is 127. The van der Waals surface area contributed by atoms with Crippen molar-refractivity contribution in [2.45, 2.75) is 33.4 Å². The van der Waals surface area contributed by atoms with Crippen molar-refractivity contribution in [3.8, 4) is 5.75 Å². The third-order valence-electron chi connectivity index (χ3n) is 3.04. The Morgan fingerprint density at radius 2 is 1.92 bits per heavy atom. The summed E-state index contributed by atoms with van der Waals surface area (Å²) in [4.78, 5) is 4.12. The molecule has 0 aliphatic carbocycles. The fourth-order valence-electron chi connectivity index (χ4n) is 1.99. The number of sulfonamides is 1. The van der Waals surface area contributed by atoms with Crippen LogP contribution in [-0.4, -0.2) is 46.9 Å². The third-order valence-corrected chi connectivity index (χ3v) is 3.77. The predicted octanol–water partition coefficient (Wildman–Crippen LogP) is 1.61. The maximum Gasteiger partial charge on any atom is 0.208 e. The fraction of sp³-hybridized carbons (Fsp3) is 0.562. The molecule has 0 bridgehead atoms. The molecule has 1 rings (SSSR count). The van der Waals surface area contributed by atoms with Crippen molar-refractivity contribution in [1.82, 2.24) is 15.4 Å². The summed E-state index contributed by atoms with van der Waals surface area (Å²) in [5.41, 5.74) is 2.18. The van der Waals surface area contributed by atoms with Crippen molar-refractivity contribution in [3.05, 3.63) is 29.3 Å². The van der Waals surface area contributed by atoms with Crippen LogP contribution in [0.25, 0.3) is 0 Å². The maximum atomic E-state index is 11.0. The molecule has 144 valence electrons. The molecular formula is C16H29IN4O3S. The molecule has 0 amide bonds. The molecule has 0 aliphatic heterocycles. The van der Waals surface area contributed by atoms with Crippen molar-refractivity contribution in [2.75, 3.05) is 26.4 Å². The lowest BCUT2D eigenvalue weighted by Crippen LogP contribution is -2.41.